The summed E-state index contributed by atoms with van der Waals surface area (Å²) in [6, 6.07) is 9.47. The van der Waals surface area contributed by atoms with Gasteiger partial charge < -0.3 is 20.5 Å². The Hall–Kier alpha value is -3.95. The molecule has 2 rings (SSSR count). The lowest BCUT2D eigenvalue weighted by atomic mass is 10.1. The number of amides is 1. The van der Waals surface area contributed by atoms with E-state index in [0.717, 1.165) is 18.2 Å². The highest BCUT2D eigenvalue weighted by atomic mass is 16.6. The summed E-state index contributed by atoms with van der Waals surface area (Å²) in [4.78, 5) is 46.0. The number of ether oxygens (including phenoxy) is 2. The third kappa shape index (κ3) is 5.04. The Kier molecular flexibility index (Phi) is 6.63. The molecule has 3 N–H and O–H groups in total. The first-order valence-corrected chi connectivity index (χ1v) is 8.10. The number of nitrogens with two attached hydrogens (primary N) is 1. The number of para-hydroxylation sites is 1. The second-order valence-electron chi connectivity index (χ2n) is 5.42. The van der Waals surface area contributed by atoms with Gasteiger partial charge >= 0.3 is 11.9 Å². The highest BCUT2D eigenvalue weighted by Crippen LogP contribution is 2.21. The molecule has 0 saturated carbocycles. The number of anilines is 2. The van der Waals surface area contributed by atoms with Gasteiger partial charge in [-0.3, -0.25) is 14.9 Å². The van der Waals surface area contributed by atoms with Gasteiger partial charge in [0.1, 0.15) is 0 Å². The number of benzene rings is 2. The lowest BCUT2D eigenvalue weighted by Crippen LogP contribution is -2.22. The minimum atomic E-state index is -0.916. The predicted octanol–water partition coefficient (Wildman–Crippen LogP) is 2.15. The quantitative estimate of drug-likeness (QED) is 0.317. The number of esters is 2. The van der Waals surface area contributed by atoms with Crippen molar-refractivity contribution in [1.29, 1.82) is 0 Å². The molecular formula is C18H17N3O7. The number of rotatable bonds is 7. The number of nitrogens with zero attached hydrogens (tertiary/aromatic N) is 1. The molecular weight excluding hydrogens is 370 g/mol. The van der Waals surface area contributed by atoms with Crippen LogP contribution in [0.5, 0.6) is 0 Å². The van der Waals surface area contributed by atoms with E-state index in [1.807, 2.05) is 0 Å². The lowest BCUT2D eigenvalue weighted by molar-refractivity contribution is -0.384. The number of carbonyl (C=O) groups excluding carboxylic acids is 3. The van der Waals surface area contributed by atoms with Crippen molar-refractivity contribution in [2.75, 3.05) is 24.3 Å². The molecule has 0 fully saturated rings. The van der Waals surface area contributed by atoms with Crippen molar-refractivity contribution in [3.63, 3.8) is 0 Å². The Labute approximate surface area is 159 Å². The molecule has 0 bridgehead atoms. The SMILES string of the molecule is CCOC(=O)c1ccccc1NC(=O)COC(=O)c1ccc([N+](=O)[O-])cc1N. The van der Waals surface area contributed by atoms with E-state index in [1.54, 1.807) is 19.1 Å². The maximum Gasteiger partial charge on any atom is 0.340 e. The zero-order valence-electron chi connectivity index (χ0n) is 14.8. The first kappa shape index (κ1) is 20.4. The summed E-state index contributed by atoms with van der Waals surface area (Å²) in [7, 11) is 0. The summed E-state index contributed by atoms with van der Waals surface area (Å²) in [6.07, 6.45) is 0. The number of nitro groups is 1. The van der Waals surface area contributed by atoms with Gasteiger partial charge in [0.05, 0.1) is 34.0 Å². The van der Waals surface area contributed by atoms with Crippen LogP contribution in [0.4, 0.5) is 17.1 Å². The fourth-order valence-corrected chi connectivity index (χ4v) is 2.22. The van der Waals surface area contributed by atoms with Crippen molar-refractivity contribution in [3.8, 4) is 0 Å². The third-order valence-corrected chi connectivity index (χ3v) is 3.50. The van der Waals surface area contributed by atoms with Gasteiger partial charge in [-0.05, 0) is 25.1 Å². The number of nitrogen functional groups attached to an aromatic ring is 1. The Bertz CT molecular complexity index is 927. The fraction of sp³-hybridized carbons (Fsp3) is 0.167. The molecule has 2 aromatic carbocycles. The number of hydrogen-bond donors (Lipinski definition) is 2. The van der Waals surface area contributed by atoms with Crippen molar-refractivity contribution in [1.82, 2.24) is 0 Å². The molecule has 0 aliphatic heterocycles. The second kappa shape index (κ2) is 9.12. The smallest absolute Gasteiger partial charge is 0.340 e. The number of carbonyl (C=O) groups is 3. The monoisotopic (exact) mass is 387 g/mol. The lowest BCUT2D eigenvalue weighted by Gasteiger charge is -2.11. The van der Waals surface area contributed by atoms with E-state index < -0.39 is 29.4 Å². The minimum Gasteiger partial charge on any atom is -0.462 e. The zero-order chi connectivity index (χ0) is 20.7. The van der Waals surface area contributed by atoms with E-state index in [0.29, 0.717) is 0 Å². The van der Waals surface area contributed by atoms with E-state index in [2.05, 4.69) is 5.32 Å². The molecule has 0 saturated heterocycles. The summed E-state index contributed by atoms with van der Waals surface area (Å²) >= 11 is 0. The van der Waals surface area contributed by atoms with E-state index >= 15 is 0 Å². The highest BCUT2D eigenvalue weighted by molar-refractivity contribution is 6.02. The first-order valence-electron chi connectivity index (χ1n) is 8.10. The summed E-state index contributed by atoms with van der Waals surface area (Å²) < 4.78 is 9.78. The largest absolute Gasteiger partial charge is 0.462 e. The minimum absolute atomic E-state index is 0.106. The van der Waals surface area contributed by atoms with Gasteiger partial charge in [0.25, 0.3) is 11.6 Å². The van der Waals surface area contributed by atoms with Gasteiger partial charge in [0.15, 0.2) is 6.61 Å². The number of nitrogens with one attached hydrogen (secondary N) is 1. The average molecular weight is 387 g/mol. The highest BCUT2D eigenvalue weighted by Gasteiger charge is 2.18. The van der Waals surface area contributed by atoms with E-state index in [4.69, 9.17) is 15.2 Å². The Balaban J connectivity index is 2.01. The summed E-state index contributed by atoms with van der Waals surface area (Å²) in [6.45, 7) is 1.18. The standard InChI is InChI=1S/C18H17N3O7/c1-2-27-18(24)13-5-3-4-6-15(13)20-16(22)10-28-17(23)12-8-7-11(21(25)26)9-14(12)19/h3-9H,2,10,19H2,1H3,(H,20,22). The van der Waals surface area contributed by atoms with Crippen LogP contribution < -0.4 is 11.1 Å². The molecule has 0 aliphatic rings. The third-order valence-electron chi connectivity index (χ3n) is 3.50. The molecule has 0 radical (unpaired) electrons. The zero-order valence-corrected chi connectivity index (χ0v) is 14.8. The van der Waals surface area contributed by atoms with Crippen LogP contribution in [0.3, 0.4) is 0 Å². The van der Waals surface area contributed by atoms with Crippen LogP contribution in [0, 0.1) is 10.1 Å². The van der Waals surface area contributed by atoms with Crippen molar-refractivity contribution in [2.45, 2.75) is 6.92 Å². The molecule has 0 aliphatic carbocycles. The Morgan fingerprint density at radius 3 is 2.39 bits per heavy atom. The normalized spacial score (nSPS) is 10.0. The molecule has 0 aromatic heterocycles. The molecule has 146 valence electrons. The van der Waals surface area contributed by atoms with Crippen molar-refractivity contribution >= 4 is 34.9 Å². The number of hydrogen-bond acceptors (Lipinski definition) is 8. The van der Waals surface area contributed by atoms with Crippen LogP contribution in [-0.2, 0) is 14.3 Å². The van der Waals surface area contributed by atoms with Crippen LogP contribution in [0.15, 0.2) is 42.5 Å². The topological polar surface area (TPSA) is 151 Å². The molecule has 28 heavy (non-hydrogen) atoms. The van der Waals surface area contributed by atoms with Gasteiger partial charge in [-0.1, -0.05) is 12.1 Å². The number of non-ortho nitro benzene ring substituents is 1. The van der Waals surface area contributed by atoms with E-state index in [1.165, 1.54) is 12.1 Å². The van der Waals surface area contributed by atoms with Crippen molar-refractivity contribution in [2.24, 2.45) is 0 Å². The van der Waals surface area contributed by atoms with E-state index in [9.17, 15) is 24.5 Å². The maximum absolute atomic E-state index is 12.0. The van der Waals surface area contributed by atoms with Crippen LogP contribution >= 0.6 is 0 Å². The second-order valence-corrected chi connectivity index (χ2v) is 5.42. The Morgan fingerprint density at radius 1 is 1.07 bits per heavy atom. The van der Waals surface area contributed by atoms with Crippen LogP contribution in [0.2, 0.25) is 0 Å². The first-order chi connectivity index (χ1) is 13.3. The molecule has 0 heterocycles. The van der Waals surface area contributed by atoms with Gasteiger partial charge in [0.2, 0.25) is 0 Å². The van der Waals surface area contributed by atoms with Crippen LogP contribution in [0.25, 0.3) is 0 Å². The van der Waals surface area contributed by atoms with Crippen molar-refractivity contribution in [3.05, 3.63) is 63.7 Å². The average Bonchev–Trinajstić information content (AvgIpc) is 2.66. The molecule has 2 aromatic rings. The molecule has 0 atom stereocenters. The van der Waals surface area contributed by atoms with Gasteiger partial charge in [-0.25, -0.2) is 9.59 Å². The molecule has 0 unspecified atom stereocenters. The molecule has 10 heteroatoms. The summed E-state index contributed by atoms with van der Waals surface area (Å²) in [5, 5.41) is 13.1. The maximum atomic E-state index is 12.0. The predicted molar refractivity (Wildman–Crippen MR) is 98.8 cm³/mol. The molecule has 0 spiro atoms. The van der Waals surface area contributed by atoms with Gasteiger partial charge in [-0.2, -0.15) is 0 Å². The van der Waals surface area contributed by atoms with Crippen molar-refractivity contribution < 1.29 is 28.8 Å². The molecule has 10 nitrogen and oxygen atoms in total. The van der Waals surface area contributed by atoms with Gasteiger partial charge in [-0.15, -0.1) is 0 Å². The van der Waals surface area contributed by atoms with E-state index in [-0.39, 0.29) is 34.8 Å². The molecule has 1 amide bonds. The summed E-state index contributed by atoms with van der Waals surface area (Å²) in [5.41, 5.74) is 5.45. The van der Waals surface area contributed by atoms with Crippen LogP contribution in [0.1, 0.15) is 27.6 Å². The fourth-order valence-electron chi connectivity index (χ4n) is 2.22. The van der Waals surface area contributed by atoms with Gasteiger partial charge in [0, 0.05) is 12.1 Å². The van der Waals surface area contributed by atoms with Crippen LogP contribution in [-0.4, -0.2) is 36.0 Å². The number of nitro benzene ring substituents is 1. The summed E-state index contributed by atoms with van der Waals surface area (Å²) in [5.74, 6) is -2.21. The Morgan fingerprint density at radius 2 is 1.75 bits per heavy atom.